The molecule has 1 fully saturated rings. The summed E-state index contributed by atoms with van der Waals surface area (Å²) in [4.78, 5) is 40.4. The van der Waals surface area contributed by atoms with Crippen molar-refractivity contribution in [3.63, 3.8) is 0 Å². The fraction of sp³-hybridized carbons (Fsp3) is 0.478. The van der Waals surface area contributed by atoms with Crippen LogP contribution in [0, 0.1) is 13.8 Å². The number of rotatable bonds is 8. The molecule has 0 saturated heterocycles. The molecule has 9 heteroatoms. The average Bonchev–Trinajstić information content (AvgIpc) is 3.38. The van der Waals surface area contributed by atoms with E-state index >= 15 is 0 Å². The van der Waals surface area contributed by atoms with Crippen molar-refractivity contribution in [2.45, 2.75) is 71.4 Å². The van der Waals surface area contributed by atoms with Crippen molar-refractivity contribution in [3.8, 4) is 0 Å². The van der Waals surface area contributed by atoms with Gasteiger partial charge in [0, 0.05) is 11.7 Å². The second-order valence-corrected chi connectivity index (χ2v) is 9.17. The molecule has 1 aliphatic rings. The lowest BCUT2D eigenvalue weighted by Gasteiger charge is -2.32. The van der Waals surface area contributed by atoms with Gasteiger partial charge in [0.25, 0.3) is 11.8 Å². The highest BCUT2D eigenvalue weighted by molar-refractivity contribution is 7.09. The first kappa shape index (κ1) is 23.7. The van der Waals surface area contributed by atoms with Gasteiger partial charge in [-0.2, -0.15) is 4.37 Å². The van der Waals surface area contributed by atoms with Gasteiger partial charge in [0.1, 0.15) is 10.9 Å². The lowest BCUT2D eigenvalue weighted by Crippen LogP contribution is -2.52. The molecule has 1 saturated carbocycles. The van der Waals surface area contributed by atoms with Gasteiger partial charge in [-0.25, -0.2) is 0 Å². The third-order valence-corrected chi connectivity index (χ3v) is 6.72. The fourth-order valence-corrected chi connectivity index (χ4v) is 4.99. The highest BCUT2D eigenvalue weighted by Crippen LogP contribution is 2.31. The molecule has 8 nitrogen and oxygen atoms in total. The van der Waals surface area contributed by atoms with E-state index in [1.54, 1.807) is 0 Å². The molecule has 2 aromatic rings. The standard InChI is InChI=1S/C23H31N5O3S/c1-4-7-17(22(30)26-15-8-5-6-9-15)28(16-11-10-13(2)12-14(16)3)23(31)20-18(24)19(21(25)29)27-32-20/h10-12,15,17H,4-9,24H2,1-3H3,(H2,25,29)(H,26,30). The van der Waals surface area contributed by atoms with E-state index in [0.29, 0.717) is 18.5 Å². The summed E-state index contributed by atoms with van der Waals surface area (Å²) in [7, 11) is 0. The number of aromatic nitrogens is 1. The summed E-state index contributed by atoms with van der Waals surface area (Å²) in [5.41, 5.74) is 13.8. The third kappa shape index (κ3) is 4.93. The van der Waals surface area contributed by atoms with Crippen LogP contribution in [0.25, 0.3) is 0 Å². The summed E-state index contributed by atoms with van der Waals surface area (Å²) in [6.45, 7) is 5.86. The Kier molecular flexibility index (Phi) is 7.50. The van der Waals surface area contributed by atoms with E-state index in [2.05, 4.69) is 9.69 Å². The SMILES string of the molecule is CCCC(C(=O)NC1CCCC1)N(C(=O)c1snc(C(N)=O)c1N)c1ccc(C)cc1C. The number of aryl methyl sites for hydroxylation is 2. The molecule has 0 radical (unpaired) electrons. The first-order chi connectivity index (χ1) is 15.2. The molecule has 172 valence electrons. The second kappa shape index (κ2) is 10.1. The van der Waals surface area contributed by atoms with Gasteiger partial charge in [0.15, 0.2) is 5.69 Å². The lowest BCUT2D eigenvalue weighted by atomic mass is 10.0. The van der Waals surface area contributed by atoms with E-state index in [-0.39, 0.29) is 28.2 Å². The highest BCUT2D eigenvalue weighted by atomic mass is 32.1. The Labute approximate surface area is 192 Å². The summed E-state index contributed by atoms with van der Waals surface area (Å²) in [6.07, 6.45) is 5.28. The van der Waals surface area contributed by atoms with E-state index in [0.717, 1.165) is 48.3 Å². The van der Waals surface area contributed by atoms with Crippen molar-refractivity contribution in [1.82, 2.24) is 9.69 Å². The molecule has 1 aromatic carbocycles. The molecule has 1 aliphatic carbocycles. The molecule has 1 heterocycles. The Hall–Kier alpha value is -2.94. The Morgan fingerprint density at radius 2 is 1.94 bits per heavy atom. The van der Waals surface area contributed by atoms with E-state index in [9.17, 15) is 14.4 Å². The van der Waals surface area contributed by atoms with Gasteiger partial charge in [-0.3, -0.25) is 19.3 Å². The van der Waals surface area contributed by atoms with Crippen LogP contribution in [0.3, 0.4) is 0 Å². The van der Waals surface area contributed by atoms with Crippen LogP contribution in [0.5, 0.6) is 0 Å². The highest BCUT2D eigenvalue weighted by Gasteiger charge is 2.36. The number of hydrogen-bond acceptors (Lipinski definition) is 6. The molecular weight excluding hydrogens is 426 g/mol. The van der Waals surface area contributed by atoms with E-state index in [1.807, 2.05) is 39.0 Å². The molecule has 1 unspecified atom stereocenters. The van der Waals surface area contributed by atoms with Crippen molar-refractivity contribution in [3.05, 3.63) is 39.9 Å². The lowest BCUT2D eigenvalue weighted by molar-refractivity contribution is -0.123. The van der Waals surface area contributed by atoms with Gasteiger partial charge in [0.2, 0.25) is 5.91 Å². The molecule has 3 rings (SSSR count). The van der Waals surface area contributed by atoms with Crippen molar-refractivity contribution in [2.24, 2.45) is 5.73 Å². The Morgan fingerprint density at radius 1 is 1.25 bits per heavy atom. The Morgan fingerprint density at radius 3 is 2.50 bits per heavy atom. The van der Waals surface area contributed by atoms with Gasteiger partial charge in [0.05, 0.1) is 5.69 Å². The minimum atomic E-state index is -0.792. The maximum absolute atomic E-state index is 13.8. The summed E-state index contributed by atoms with van der Waals surface area (Å²) in [5.74, 6) is -1.43. The smallest absolute Gasteiger partial charge is 0.272 e. The van der Waals surface area contributed by atoms with Crippen molar-refractivity contribution >= 4 is 40.6 Å². The van der Waals surface area contributed by atoms with Crippen molar-refractivity contribution in [1.29, 1.82) is 0 Å². The first-order valence-electron chi connectivity index (χ1n) is 11.0. The van der Waals surface area contributed by atoms with Crippen LogP contribution in [-0.4, -0.2) is 34.2 Å². The normalized spacial score (nSPS) is 14.8. The number of carbonyl (C=O) groups excluding carboxylic acids is 3. The summed E-state index contributed by atoms with van der Waals surface area (Å²) in [5, 5.41) is 3.14. The number of nitrogens with one attached hydrogen (secondary N) is 1. The third-order valence-electron chi connectivity index (χ3n) is 5.86. The molecule has 1 atom stereocenters. The number of hydrogen-bond donors (Lipinski definition) is 3. The number of nitrogens with two attached hydrogens (primary N) is 2. The van der Waals surface area contributed by atoms with Crippen molar-refractivity contribution < 1.29 is 14.4 Å². The zero-order chi connectivity index (χ0) is 23.4. The van der Waals surface area contributed by atoms with Gasteiger partial charge in [-0.1, -0.05) is 43.9 Å². The van der Waals surface area contributed by atoms with Crippen LogP contribution < -0.4 is 21.7 Å². The van der Waals surface area contributed by atoms with Crippen LogP contribution in [0.15, 0.2) is 18.2 Å². The second-order valence-electron chi connectivity index (χ2n) is 8.40. The summed E-state index contributed by atoms with van der Waals surface area (Å²) in [6, 6.07) is 5.14. The summed E-state index contributed by atoms with van der Waals surface area (Å²) < 4.78 is 3.98. The van der Waals surface area contributed by atoms with Gasteiger partial charge < -0.3 is 16.8 Å². The molecule has 32 heavy (non-hydrogen) atoms. The molecule has 0 spiro atoms. The molecular formula is C23H31N5O3S. The number of primary amides is 1. The average molecular weight is 458 g/mol. The van der Waals surface area contributed by atoms with Crippen LogP contribution in [0.2, 0.25) is 0 Å². The largest absolute Gasteiger partial charge is 0.395 e. The number of anilines is 2. The van der Waals surface area contributed by atoms with Crippen LogP contribution in [0.1, 0.15) is 76.7 Å². The number of nitrogen functional groups attached to an aromatic ring is 1. The van der Waals surface area contributed by atoms with Crippen LogP contribution in [0.4, 0.5) is 11.4 Å². The predicted octanol–water partition coefficient (Wildman–Crippen LogP) is 3.32. The maximum atomic E-state index is 13.8. The van der Waals surface area contributed by atoms with Gasteiger partial charge in [-0.15, -0.1) is 0 Å². The number of carbonyl (C=O) groups is 3. The van der Waals surface area contributed by atoms with Crippen molar-refractivity contribution in [2.75, 3.05) is 10.6 Å². The Bertz CT molecular complexity index is 1010. The minimum absolute atomic E-state index is 0.0475. The number of benzene rings is 1. The zero-order valence-corrected chi connectivity index (χ0v) is 19.6. The number of amides is 3. The van der Waals surface area contributed by atoms with E-state index in [1.165, 1.54) is 4.90 Å². The molecule has 0 bridgehead atoms. The molecule has 3 amide bonds. The quantitative estimate of drug-likeness (QED) is 0.559. The minimum Gasteiger partial charge on any atom is -0.395 e. The molecule has 1 aromatic heterocycles. The van der Waals surface area contributed by atoms with E-state index in [4.69, 9.17) is 11.5 Å². The van der Waals surface area contributed by atoms with Crippen LogP contribution in [-0.2, 0) is 4.79 Å². The van der Waals surface area contributed by atoms with Gasteiger partial charge >= 0.3 is 0 Å². The summed E-state index contributed by atoms with van der Waals surface area (Å²) >= 11 is 0.826. The topological polar surface area (TPSA) is 131 Å². The maximum Gasteiger partial charge on any atom is 0.272 e. The monoisotopic (exact) mass is 457 g/mol. The van der Waals surface area contributed by atoms with Crippen LogP contribution >= 0.6 is 11.5 Å². The van der Waals surface area contributed by atoms with Gasteiger partial charge in [-0.05, 0) is 56.3 Å². The molecule has 5 N–H and O–H groups in total. The van der Waals surface area contributed by atoms with E-state index < -0.39 is 17.9 Å². The predicted molar refractivity (Wildman–Crippen MR) is 127 cm³/mol. The number of nitrogens with zero attached hydrogens (tertiary/aromatic N) is 2. The Balaban J connectivity index is 2.06. The first-order valence-corrected chi connectivity index (χ1v) is 11.8. The zero-order valence-electron chi connectivity index (χ0n) is 18.8. The molecule has 0 aliphatic heterocycles. The fourth-order valence-electron chi connectivity index (χ4n) is 4.25.